The predicted octanol–water partition coefficient (Wildman–Crippen LogP) is 2.93. The zero-order valence-corrected chi connectivity index (χ0v) is 12.1. The molecule has 1 atom stereocenters. The first kappa shape index (κ1) is 12.6. The number of aromatic amines is 2. The summed E-state index contributed by atoms with van der Waals surface area (Å²) in [6, 6.07) is 6.66. The second kappa shape index (κ2) is 5.00. The molecule has 0 saturated carbocycles. The Labute approximate surface area is 123 Å². The van der Waals surface area contributed by atoms with Crippen molar-refractivity contribution in [3.63, 3.8) is 0 Å². The summed E-state index contributed by atoms with van der Waals surface area (Å²) in [5.41, 5.74) is 3.46. The molecule has 1 aliphatic rings. The summed E-state index contributed by atoms with van der Waals surface area (Å²) < 4.78 is 0. The zero-order chi connectivity index (χ0) is 14.2. The van der Waals surface area contributed by atoms with E-state index >= 15 is 0 Å². The van der Waals surface area contributed by atoms with Crippen LogP contribution in [0.3, 0.4) is 0 Å². The van der Waals surface area contributed by atoms with E-state index in [0.717, 1.165) is 42.2 Å². The van der Waals surface area contributed by atoms with Crippen LogP contribution in [0.1, 0.15) is 36.1 Å². The smallest absolute Gasteiger partial charge is 0.124 e. The van der Waals surface area contributed by atoms with E-state index in [9.17, 15) is 0 Å². The van der Waals surface area contributed by atoms with Gasteiger partial charge in [0.2, 0.25) is 0 Å². The fourth-order valence-corrected chi connectivity index (χ4v) is 3.25. The van der Waals surface area contributed by atoms with Crippen LogP contribution in [0.15, 0.2) is 30.6 Å². The van der Waals surface area contributed by atoms with Crippen LogP contribution in [0.5, 0.6) is 0 Å². The first-order valence-electron chi connectivity index (χ1n) is 7.49. The Morgan fingerprint density at radius 1 is 1.38 bits per heavy atom. The highest BCUT2D eigenvalue weighted by Crippen LogP contribution is 2.32. The molecule has 4 rings (SSSR count). The van der Waals surface area contributed by atoms with E-state index in [4.69, 9.17) is 4.98 Å². The normalized spacial score (nSPS) is 19.6. The fourth-order valence-electron chi connectivity index (χ4n) is 3.25. The molecule has 3 heterocycles. The molecule has 0 aliphatic carbocycles. The van der Waals surface area contributed by atoms with Crippen molar-refractivity contribution in [2.24, 2.45) is 0 Å². The molecule has 2 N–H and O–H groups in total. The minimum absolute atomic E-state index is 0.363. The molecular weight excluding hydrogens is 262 g/mol. The van der Waals surface area contributed by atoms with E-state index in [0.29, 0.717) is 6.04 Å². The van der Waals surface area contributed by atoms with Crippen molar-refractivity contribution >= 4 is 11.0 Å². The van der Waals surface area contributed by atoms with Gasteiger partial charge < -0.3 is 9.97 Å². The predicted molar refractivity (Wildman–Crippen MR) is 81.8 cm³/mol. The molecule has 3 aromatic rings. The van der Waals surface area contributed by atoms with Crippen molar-refractivity contribution in [1.82, 2.24) is 24.8 Å². The van der Waals surface area contributed by atoms with E-state index in [1.54, 1.807) is 0 Å². The highest BCUT2D eigenvalue weighted by atomic mass is 15.2. The van der Waals surface area contributed by atoms with Gasteiger partial charge in [-0.3, -0.25) is 4.90 Å². The van der Waals surface area contributed by atoms with Gasteiger partial charge in [0.1, 0.15) is 11.6 Å². The van der Waals surface area contributed by atoms with Gasteiger partial charge in [0.15, 0.2) is 0 Å². The number of rotatable bonds is 3. The lowest BCUT2D eigenvalue weighted by Crippen LogP contribution is -2.24. The van der Waals surface area contributed by atoms with Gasteiger partial charge in [-0.25, -0.2) is 9.97 Å². The number of hydrogen-bond donors (Lipinski definition) is 2. The topological polar surface area (TPSA) is 60.6 Å². The summed E-state index contributed by atoms with van der Waals surface area (Å²) in [6.45, 7) is 4.07. The number of fused-ring (bicyclic) bond motifs is 1. The molecule has 2 aromatic heterocycles. The number of aryl methyl sites for hydroxylation is 1. The van der Waals surface area contributed by atoms with Crippen LogP contribution in [0.4, 0.5) is 0 Å². The van der Waals surface area contributed by atoms with Crippen molar-refractivity contribution in [1.29, 1.82) is 0 Å². The highest BCUT2D eigenvalue weighted by Gasteiger charge is 2.29. The lowest BCUT2D eigenvalue weighted by Gasteiger charge is -2.21. The molecule has 1 saturated heterocycles. The Morgan fingerprint density at radius 3 is 3.14 bits per heavy atom. The Morgan fingerprint density at radius 2 is 2.33 bits per heavy atom. The summed E-state index contributed by atoms with van der Waals surface area (Å²) in [5, 5.41) is 0. The van der Waals surface area contributed by atoms with Crippen molar-refractivity contribution in [3.05, 3.63) is 47.8 Å². The van der Waals surface area contributed by atoms with Gasteiger partial charge in [0.05, 0.1) is 23.6 Å². The fraction of sp³-hybridized carbons (Fsp3) is 0.375. The molecule has 0 amide bonds. The SMILES string of the molecule is Cc1cccc2[nH]c(C3CCCN3Cc3ncc[nH]3)nc12. The van der Waals surface area contributed by atoms with E-state index in [2.05, 4.69) is 45.0 Å². The molecule has 1 unspecified atom stereocenters. The quantitative estimate of drug-likeness (QED) is 0.776. The number of H-pyrrole nitrogens is 2. The van der Waals surface area contributed by atoms with E-state index in [1.807, 2.05) is 12.4 Å². The van der Waals surface area contributed by atoms with Gasteiger partial charge in [-0.15, -0.1) is 0 Å². The minimum Gasteiger partial charge on any atom is -0.348 e. The van der Waals surface area contributed by atoms with E-state index in [1.165, 1.54) is 12.0 Å². The molecule has 21 heavy (non-hydrogen) atoms. The standard InChI is InChI=1S/C16H19N5/c1-11-4-2-5-12-15(11)20-16(19-12)13-6-3-9-21(13)10-14-17-7-8-18-14/h2,4-5,7-8,13H,3,6,9-10H2,1H3,(H,17,18)(H,19,20). The van der Waals surface area contributed by atoms with Gasteiger partial charge in [-0.1, -0.05) is 12.1 Å². The largest absolute Gasteiger partial charge is 0.348 e. The maximum absolute atomic E-state index is 4.85. The number of hydrogen-bond acceptors (Lipinski definition) is 3. The van der Waals surface area contributed by atoms with Crippen LogP contribution in [0, 0.1) is 6.92 Å². The van der Waals surface area contributed by atoms with Crippen LogP contribution in [-0.4, -0.2) is 31.4 Å². The van der Waals surface area contributed by atoms with Crippen molar-refractivity contribution in [2.75, 3.05) is 6.54 Å². The number of imidazole rings is 2. The summed E-state index contributed by atoms with van der Waals surface area (Å²) in [4.78, 5) is 18.3. The number of benzene rings is 1. The summed E-state index contributed by atoms with van der Waals surface area (Å²) in [5.74, 6) is 2.11. The zero-order valence-electron chi connectivity index (χ0n) is 12.1. The van der Waals surface area contributed by atoms with Crippen LogP contribution in [0.25, 0.3) is 11.0 Å². The average Bonchev–Trinajstić information content (AvgIpc) is 3.18. The Kier molecular flexibility index (Phi) is 3.00. The molecule has 1 aromatic carbocycles. The van der Waals surface area contributed by atoms with E-state index < -0.39 is 0 Å². The minimum atomic E-state index is 0.363. The Bertz CT molecular complexity index is 743. The number of aromatic nitrogens is 4. The van der Waals surface area contributed by atoms with Crippen LogP contribution >= 0.6 is 0 Å². The second-order valence-corrected chi connectivity index (χ2v) is 5.76. The van der Waals surface area contributed by atoms with E-state index in [-0.39, 0.29) is 0 Å². The summed E-state index contributed by atoms with van der Waals surface area (Å²) in [6.07, 6.45) is 6.05. The maximum atomic E-state index is 4.85. The Hall–Kier alpha value is -2.14. The number of nitrogens with one attached hydrogen (secondary N) is 2. The number of likely N-dealkylation sites (tertiary alicyclic amines) is 1. The third-order valence-electron chi connectivity index (χ3n) is 4.32. The van der Waals surface area contributed by atoms with Gasteiger partial charge in [-0.05, 0) is 37.9 Å². The lowest BCUT2D eigenvalue weighted by molar-refractivity contribution is 0.236. The Balaban J connectivity index is 1.65. The van der Waals surface area contributed by atoms with Crippen LogP contribution in [0.2, 0.25) is 0 Å². The molecule has 0 bridgehead atoms. The van der Waals surface area contributed by atoms with Crippen molar-refractivity contribution in [3.8, 4) is 0 Å². The van der Waals surface area contributed by atoms with Crippen LogP contribution in [-0.2, 0) is 6.54 Å². The summed E-state index contributed by atoms with van der Waals surface area (Å²) >= 11 is 0. The monoisotopic (exact) mass is 281 g/mol. The third kappa shape index (κ3) is 2.23. The van der Waals surface area contributed by atoms with Gasteiger partial charge in [0.25, 0.3) is 0 Å². The number of para-hydroxylation sites is 1. The van der Waals surface area contributed by atoms with Gasteiger partial charge in [-0.2, -0.15) is 0 Å². The molecule has 0 radical (unpaired) electrons. The molecule has 5 heteroatoms. The number of nitrogens with zero attached hydrogens (tertiary/aromatic N) is 3. The van der Waals surface area contributed by atoms with Crippen LogP contribution < -0.4 is 0 Å². The average molecular weight is 281 g/mol. The van der Waals surface area contributed by atoms with Gasteiger partial charge >= 0.3 is 0 Å². The molecular formula is C16H19N5. The van der Waals surface area contributed by atoms with Crippen molar-refractivity contribution in [2.45, 2.75) is 32.4 Å². The summed E-state index contributed by atoms with van der Waals surface area (Å²) in [7, 11) is 0. The molecule has 5 nitrogen and oxygen atoms in total. The molecule has 108 valence electrons. The maximum Gasteiger partial charge on any atom is 0.124 e. The van der Waals surface area contributed by atoms with Gasteiger partial charge in [0, 0.05) is 12.4 Å². The molecule has 0 spiro atoms. The third-order valence-corrected chi connectivity index (χ3v) is 4.32. The molecule has 1 aliphatic heterocycles. The second-order valence-electron chi connectivity index (χ2n) is 5.76. The first-order valence-corrected chi connectivity index (χ1v) is 7.49. The molecule has 1 fully saturated rings. The first-order chi connectivity index (χ1) is 10.3. The lowest BCUT2D eigenvalue weighted by atomic mass is 10.2. The van der Waals surface area contributed by atoms with Crippen molar-refractivity contribution < 1.29 is 0 Å². The highest BCUT2D eigenvalue weighted by molar-refractivity contribution is 5.78.